The van der Waals surface area contributed by atoms with Crippen LogP contribution < -0.4 is 4.74 Å². The van der Waals surface area contributed by atoms with Crippen molar-refractivity contribution in [2.45, 2.75) is 25.4 Å². The Morgan fingerprint density at radius 3 is 2.70 bits per heavy atom. The van der Waals surface area contributed by atoms with Crippen molar-refractivity contribution in [2.75, 3.05) is 13.7 Å². The van der Waals surface area contributed by atoms with E-state index in [2.05, 4.69) is 0 Å². The predicted molar refractivity (Wildman–Crippen MR) is 68.6 cm³/mol. The molecule has 0 bridgehead atoms. The van der Waals surface area contributed by atoms with Gasteiger partial charge in [-0.3, -0.25) is 9.69 Å². The van der Waals surface area contributed by atoms with Crippen LogP contribution in [0.15, 0.2) is 18.2 Å². The van der Waals surface area contributed by atoms with E-state index in [4.69, 9.17) is 4.74 Å². The summed E-state index contributed by atoms with van der Waals surface area (Å²) in [6.45, 7) is 0.240. The first-order chi connectivity index (χ1) is 9.60. The molecule has 3 amide bonds. The van der Waals surface area contributed by atoms with Gasteiger partial charge in [0.2, 0.25) is 0 Å². The number of imide groups is 1. The summed E-state index contributed by atoms with van der Waals surface area (Å²) in [6.07, 6.45) is 1.92. The minimum absolute atomic E-state index is 0.0990. The molecule has 1 aliphatic heterocycles. The van der Waals surface area contributed by atoms with Crippen LogP contribution in [0.5, 0.6) is 5.75 Å². The Balaban J connectivity index is 1.75. The molecule has 6 heteroatoms. The van der Waals surface area contributed by atoms with E-state index in [-0.39, 0.29) is 36.8 Å². The fourth-order valence-corrected chi connectivity index (χ4v) is 2.38. The molecular weight excluding hydrogens is 263 g/mol. The van der Waals surface area contributed by atoms with Crippen LogP contribution in [-0.4, -0.2) is 41.4 Å². The van der Waals surface area contributed by atoms with Crippen molar-refractivity contribution in [1.29, 1.82) is 0 Å². The lowest BCUT2D eigenvalue weighted by Crippen LogP contribution is -2.33. The van der Waals surface area contributed by atoms with E-state index in [0.717, 1.165) is 12.8 Å². The summed E-state index contributed by atoms with van der Waals surface area (Å²) < 4.78 is 18.4. The fraction of sp³-hybridized carbons (Fsp3) is 0.429. The maximum Gasteiger partial charge on any atom is 0.327 e. The predicted octanol–water partition coefficient (Wildman–Crippen LogP) is 1.76. The second kappa shape index (κ2) is 4.77. The quantitative estimate of drug-likeness (QED) is 0.789. The number of hydrogen-bond acceptors (Lipinski definition) is 3. The number of amides is 3. The minimum Gasteiger partial charge on any atom is -0.494 e. The molecule has 0 radical (unpaired) electrons. The average Bonchev–Trinajstić information content (AvgIpc) is 3.22. The molecule has 2 aliphatic rings. The molecular formula is C14H15FN2O3. The number of carbonyl (C=O) groups is 2. The van der Waals surface area contributed by atoms with Crippen molar-refractivity contribution >= 4 is 11.9 Å². The van der Waals surface area contributed by atoms with Crippen LogP contribution in [0.3, 0.4) is 0 Å². The lowest BCUT2D eigenvalue weighted by Gasteiger charge is -2.16. The molecule has 106 valence electrons. The van der Waals surface area contributed by atoms with E-state index in [1.807, 2.05) is 0 Å². The lowest BCUT2D eigenvalue weighted by atomic mass is 10.2. The largest absolute Gasteiger partial charge is 0.494 e. The highest BCUT2D eigenvalue weighted by atomic mass is 19.1. The third-order valence-electron chi connectivity index (χ3n) is 3.63. The van der Waals surface area contributed by atoms with Crippen molar-refractivity contribution in [3.8, 4) is 5.75 Å². The van der Waals surface area contributed by atoms with Gasteiger partial charge in [-0.05, 0) is 30.5 Å². The monoisotopic (exact) mass is 278 g/mol. The minimum atomic E-state index is -0.497. The first-order valence-corrected chi connectivity index (χ1v) is 6.53. The van der Waals surface area contributed by atoms with Crippen LogP contribution in [0.4, 0.5) is 9.18 Å². The Kier molecular flexibility index (Phi) is 3.08. The van der Waals surface area contributed by atoms with Gasteiger partial charge in [0.05, 0.1) is 13.7 Å². The third kappa shape index (κ3) is 2.21. The summed E-state index contributed by atoms with van der Waals surface area (Å²) in [5.41, 5.74) is 0.572. The molecule has 0 aromatic heterocycles. The van der Waals surface area contributed by atoms with Crippen LogP contribution in [0.1, 0.15) is 18.4 Å². The summed E-state index contributed by atoms with van der Waals surface area (Å²) in [4.78, 5) is 26.8. The Hall–Kier alpha value is -2.11. The molecule has 0 atom stereocenters. The van der Waals surface area contributed by atoms with E-state index in [9.17, 15) is 14.0 Å². The van der Waals surface area contributed by atoms with Gasteiger partial charge < -0.3 is 9.64 Å². The number of nitrogens with zero attached hydrogens (tertiary/aromatic N) is 2. The summed E-state index contributed by atoms with van der Waals surface area (Å²) in [6, 6.07) is 4.38. The van der Waals surface area contributed by atoms with Gasteiger partial charge in [0, 0.05) is 6.04 Å². The van der Waals surface area contributed by atoms with Gasteiger partial charge in [-0.2, -0.15) is 0 Å². The number of hydrogen-bond donors (Lipinski definition) is 0. The Morgan fingerprint density at radius 1 is 1.35 bits per heavy atom. The van der Waals surface area contributed by atoms with Crippen molar-refractivity contribution < 1.29 is 18.7 Å². The van der Waals surface area contributed by atoms with Gasteiger partial charge in [0.15, 0.2) is 11.6 Å². The van der Waals surface area contributed by atoms with Crippen molar-refractivity contribution in [2.24, 2.45) is 0 Å². The normalized spacial score (nSPS) is 18.9. The highest BCUT2D eigenvalue weighted by molar-refractivity contribution is 6.02. The zero-order valence-electron chi connectivity index (χ0n) is 11.1. The number of halogens is 1. The van der Waals surface area contributed by atoms with Gasteiger partial charge in [0.1, 0.15) is 6.54 Å². The van der Waals surface area contributed by atoms with E-state index >= 15 is 0 Å². The van der Waals surface area contributed by atoms with Gasteiger partial charge in [-0.1, -0.05) is 6.07 Å². The SMILES string of the molecule is COc1ccc(CN2C(=O)CN(C3CC3)C2=O)cc1F. The smallest absolute Gasteiger partial charge is 0.327 e. The van der Waals surface area contributed by atoms with Crippen LogP contribution in [0.25, 0.3) is 0 Å². The number of methoxy groups -OCH3 is 1. The van der Waals surface area contributed by atoms with Crippen LogP contribution in [0, 0.1) is 5.82 Å². The van der Waals surface area contributed by atoms with Gasteiger partial charge in [-0.15, -0.1) is 0 Å². The summed E-state index contributed by atoms with van der Waals surface area (Å²) in [5, 5.41) is 0. The number of ether oxygens (including phenoxy) is 1. The molecule has 0 unspecified atom stereocenters. The van der Waals surface area contributed by atoms with E-state index in [1.165, 1.54) is 24.1 Å². The molecule has 2 fully saturated rings. The van der Waals surface area contributed by atoms with Gasteiger partial charge in [0.25, 0.3) is 5.91 Å². The average molecular weight is 278 g/mol. The van der Waals surface area contributed by atoms with Crippen LogP contribution in [0.2, 0.25) is 0 Å². The first-order valence-electron chi connectivity index (χ1n) is 6.53. The van der Waals surface area contributed by atoms with Crippen LogP contribution in [-0.2, 0) is 11.3 Å². The first kappa shape index (κ1) is 12.9. The number of urea groups is 1. The fourth-order valence-electron chi connectivity index (χ4n) is 2.38. The van der Waals surface area contributed by atoms with Gasteiger partial charge in [-0.25, -0.2) is 9.18 Å². The van der Waals surface area contributed by atoms with E-state index in [1.54, 1.807) is 11.0 Å². The number of rotatable bonds is 4. The summed E-state index contributed by atoms with van der Waals surface area (Å²) >= 11 is 0. The second-order valence-corrected chi connectivity index (χ2v) is 5.09. The molecule has 5 nitrogen and oxygen atoms in total. The Morgan fingerprint density at radius 2 is 2.10 bits per heavy atom. The molecule has 1 saturated carbocycles. The summed E-state index contributed by atoms with van der Waals surface area (Å²) in [7, 11) is 1.39. The third-order valence-corrected chi connectivity index (χ3v) is 3.63. The standard InChI is InChI=1S/C14H15FN2O3/c1-20-12-5-2-9(6-11(12)15)7-17-13(18)8-16(14(17)19)10-3-4-10/h2,5-6,10H,3-4,7-8H2,1H3. The van der Waals surface area contributed by atoms with Crippen molar-refractivity contribution in [1.82, 2.24) is 9.80 Å². The lowest BCUT2D eigenvalue weighted by molar-refractivity contribution is -0.125. The zero-order chi connectivity index (χ0) is 14.3. The molecule has 20 heavy (non-hydrogen) atoms. The van der Waals surface area contributed by atoms with E-state index < -0.39 is 5.82 Å². The summed E-state index contributed by atoms with van der Waals surface area (Å²) in [5.74, 6) is -0.575. The van der Waals surface area contributed by atoms with Crippen LogP contribution >= 0.6 is 0 Å². The number of benzene rings is 1. The topological polar surface area (TPSA) is 49.9 Å². The second-order valence-electron chi connectivity index (χ2n) is 5.09. The molecule has 0 N–H and O–H groups in total. The highest BCUT2D eigenvalue weighted by Gasteiger charge is 2.43. The zero-order valence-corrected chi connectivity index (χ0v) is 11.1. The Bertz CT molecular complexity index is 572. The Labute approximate surface area is 115 Å². The molecule has 3 rings (SSSR count). The molecule has 1 saturated heterocycles. The van der Waals surface area contributed by atoms with Crippen molar-refractivity contribution in [3.05, 3.63) is 29.6 Å². The molecule has 1 heterocycles. The molecule has 1 aromatic rings. The maximum absolute atomic E-state index is 13.6. The molecule has 1 aromatic carbocycles. The maximum atomic E-state index is 13.6. The molecule has 0 spiro atoms. The molecule has 1 aliphatic carbocycles. The highest BCUT2D eigenvalue weighted by Crippen LogP contribution is 2.31. The number of carbonyl (C=O) groups excluding carboxylic acids is 2. The van der Waals surface area contributed by atoms with Crippen molar-refractivity contribution in [3.63, 3.8) is 0 Å². The van der Waals surface area contributed by atoms with Gasteiger partial charge >= 0.3 is 6.03 Å². The van der Waals surface area contributed by atoms with E-state index in [0.29, 0.717) is 5.56 Å².